The fourth-order valence-corrected chi connectivity index (χ4v) is 1.85. The number of amides is 1. The van der Waals surface area contributed by atoms with Gasteiger partial charge >= 0.3 is 0 Å². The Labute approximate surface area is 113 Å². The minimum Gasteiger partial charge on any atom is -0.550 e. The van der Waals surface area contributed by atoms with Crippen LogP contribution in [0.3, 0.4) is 0 Å². The topological polar surface area (TPSA) is 82.1 Å². The molecule has 1 aromatic rings. The molecule has 0 bridgehead atoms. The number of carbonyl (C=O) groups excluding carboxylic acids is 2. The number of aromatic nitrogens is 1. The third kappa shape index (κ3) is 5.99. The van der Waals surface area contributed by atoms with Crippen LogP contribution in [0.5, 0.6) is 0 Å². The molecule has 0 saturated carbocycles. The number of nitrogens with zero attached hydrogens (tertiary/aromatic N) is 1. The third-order valence-electron chi connectivity index (χ3n) is 2.74. The van der Waals surface area contributed by atoms with E-state index in [0.717, 1.165) is 0 Å². The Morgan fingerprint density at radius 3 is 2.63 bits per heavy atom. The molecule has 1 amide bonds. The van der Waals surface area contributed by atoms with Gasteiger partial charge in [0.2, 0.25) is 5.91 Å². The van der Waals surface area contributed by atoms with Crippen molar-refractivity contribution in [1.82, 2.24) is 4.98 Å². The number of aliphatic carboxylic acids is 1. The quantitative estimate of drug-likeness (QED) is 0.801. The highest BCUT2D eigenvalue weighted by molar-refractivity contribution is 5.89. The first-order chi connectivity index (χ1) is 8.99. The zero-order chi connectivity index (χ0) is 14.3. The van der Waals surface area contributed by atoms with Crippen LogP contribution in [0.4, 0.5) is 5.82 Å². The fourth-order valence-electron chi connectivity index (χ4n) is 1.85. The molecule has 0 spiro atoms. The van der Waals surface area contributed by atoms with Gasteiger partial charge in [-0.1, -0.05) is 19.9 Å². The molecule has 0 aliphatic rings. The zero-order valence-corrected chi connectivity index (χ0v) is 11.3. The van der Waals surface area contributed by atoms with Gasteiger partial charge in [0.1, 0.15) is 5.82 Å². The third-order valence-corrected chi connectivity index (χ3v) is 2.74. The van der Waals surface area contributed by atoms with E-state index < -0.39 is 11.9 Å². The van der Waals surface area contributed by atoms with Crippen molar-refractivity contribution < 1.29 is 14.7 Å². The van der Waals surface area contributed by atoms with Crippen LogP contribution >= 0.6 is 0 Å². The minimum absolute atomic E-state index is 0.155. The van der Waals surface area contributed by atoms with Gasteiger partial charge in [-0.2, -0.15) is 0 Å². The lowest BCUT2D eigenvalue weighted by Crippen LogP contribution is -2.32. The van der Waals surface area contributed by atoms with Crippen molar-refractivity contribution in [3.8, 4) is 0 Å². The maximum atomic E-state index is 11.7. The van der Waals surface area contributed by atoms with Gasteiger partial charge in [-0.15, -0.1) is 0 Å². The number of nitrogens with one attached hydrogen (secondary N) is 1. The Kier molecular flexibility index (Phi) is 5.99. The van der Waals surface area contributed by atoms with E-state index in [1.54, 1.807) is 24.4 Å². The van der Waals surface area contributed by atoms with Crippen LogP contribution in [0.2, 0.25) is 0 Å². The van der Waals surface area contributed by atoms with Gasteiger partial charge < -0.3 is 15.2 Å². The van der Waals surface area contributed by atoms with E-state index in [9.17, 15) is 14.7 Å². The molecule has 1 heterocycles. The summed E-state index contributed by atoms with van der Waals surface area (Å²) in [5.74, 6) is -1.15. The molecule has 0 saturated heterocycles. The first-order valence-corrected chi connectivity index (χ1v) is 6.40. The van der Waals surface area contributed by atoms with Crippen LogP contribution in [-0.4, -0.2) is 16.9 Å². The smallest absolute Gasteiger partial charge is 0.225 e. The number of hydrogen-bond acceptors (Lipinski definition) is 4. The highest BCUT2D eigenvalue weighted by Crippen LogP contribution is 2.17. The molecule has 1 rings (SSSR count). The molecule has 0 unspecified atom stereocenters. The summed E-state index contributed by atoms with van der Waals surface area (Å²) >= 11 is 0. The lowest BCUT2D eigenvalue weighted by atomic mass is 9.93. The standard InChI is InChI=1S/C14H20N2O3/c1-10(2)9-11(14(18)19)6-7-13(17)16-12-5-3-4-8-15-12/h3-5,8,10-11H,6-7,9H2,1-2H3,(H,18,19)(H,15,16,17)/p-1/t11-/m0/s1. The van der Waals surface area contributed by atoms with Crippen LogP contribution in [0.15, 0.2) is 24.4 Å². The number of rotatable bonds is 7. The van der Waals surface area contributed by atoms with Gasteiger partial charge in [0.25, 0.3) is 0 Å². The SMILES string of the molecule is CC(C)C[C@H](CCC(=O)Nc1ccccn1)C(=O)[O-]. The summed E-state index contributed by atoms with van der Waals surface area (Å²) in [5.41, 5.74) is 0. The molecule has 0 aliphatic carbocycles. The molecule has 19 heavy (non-hydrogen) atoms. The number of hydrogen-bond donors (Lipinski definition) is 1. The van der Waals surface area contributed by atoms with E-state index in [2.05, 4.69) is 10.3 Å². The number of carboxylic acid groups (broad SMARTS) is 1. The van der Waals surface area contributed by atoms with Crippen LogP contribution in [-0.2, 0) is 9.59 Å². The van der Waals surface area contributed by atoms with Crippen molar-refractivity contribution >= 4 is 17.7 Å². The molecule has 0 radical (unpaired) electrons. The van der Waals surface area contributed by atoms with Crippen LogP contribution in [0.25, 0.3) is 0 Å². The predicted molar refractivity (Wildman–Crippen MR) is 70.1 cm³/mol. The monoisotopic (exact) mass is 263 g/mol. The second-order valence-corrected chi connectivity index (χ2v) is 4.95. The number of anilines is 1. The maximum absolute atomic E-state index is 11.7. The van der Waals surface area contributed by atoms with E-state index in [1.807, 2.05) is 13.8 Å². The van der Waals surface area contributed by atoms with E-state index >= 15 is 0 Å². The van der Waals surface area contributed by atoms with Crippen LogP contribution in [0.1, 0.15) is 33.1 Å². The Hall–Kier alpha value is -1.91. The van der Waals surface area contributed by atoms with Crippen LogP contribution in [0, 0.1) is 11.8 Å². The predicted octanol–water partition coefficient (Wildman–Crippen LogP) is 1.21. The highest BCUT2D eigenvalue weighted by atomic mass is 16.4. The molecule has 1 atom stereocenters. The van der Waals surface area contributed by atoms with Crippen molar-refractivity contribution in [2.45, 2.75) is 33.1 Å². The average molecular weight is 263 g/mol. The molecule has 0 aromatic carbocycles. The highest BCUT2D eigenvalue weighted by Gasteiger charge is 2.14. The Morgan fingerprint density at radius 2 is 2.11 bits per heavy atom. The van der Waals surface area contributed by atoms with E-state index in [0.29, 0.717) is 18.7 Å². The van der Waals surface area contributed by atoms with E-state index in [4.69, 9.17) is 0 Å². The molecule has 5 heteroatoms. The van der Waals surface area contributed by atoms with Crippen molar-refractivity contribution in [2.75, 3.05) is 5.32 Å². The van der Waals surface area contributed by atoms with Crippen molar-refractivity contribution in [1.29, 1.82) is 0 Å². The minimum atomic E-state index is -1.08. The Balaban J connectivity index is 2.42. The molecule has 1 aromatic heterocycles. The molecule has 5 nitrogen and oxygen atoms in total. The molecular formula is C14H19N2O3-. The molecular weight excluding hydrogens is 244 g/mol. The lowest BCUT2D eigenvalue weighted by molar-refractivity contribution is -0.312. The molecule has 1 N–H and O–H groups in total. The normalized spacial score (nSPS) is 12.2. The van der Waals surface area contributed by atoms with Gasteiger partial charge in [0, 0.05) is 18.6 Å². The number of pyridine rings is 1. The second-order valence-electron chi connectivity index (χ2n) is 4.95. The first kappa shape index (κ1) is 15.1. The number of carboxylic acids is 1. The summed E-state index contributed by atoms with van der Waals surface area (Å²) in [5, 5.41) is 13.6. The number of carbonyl (C=O) groups is 2. The van der Waals surface area contributed by atoms with E-state index in [1.165, 1.54) is 0 Å². The summed E-state index contributed by atoms with van der Waals surface area (Å²) in [6, 6.07) is 5.21. The summed E-state index contributed by atoms with van der Waals surface area (Å²) in [4.78, 5) is 26.6. The van der Waals surface area contributed by atoms with Gasteiger partial charge in [0.15, 0.2) is 0 Å². The molecule has 0 fully saturated rings. The van der Waals surface area contributed by atoms with Crippen molar-refractivity contribution in [2.24, 2.45) is 11.8 Å². The average Bonchev–Trinajstić information content (AvgIpc) is 2.35. The summed E-state index contributed by atoms with van der Waals surface area (Å²) in [7, 11) is 0. The largest absolute Gasteiger partial charge is 0.550 e. The zero-order valence-electron chi connectivity index (χ0n) is 11.3. The Bertz CT molecular complexity index is 418. The summed E-state index contributed by atoms with van der Waals surface area (Å²) < 4.78 is 0. The van der Waals surface area contributed by atoms with Crippen molar-refractivity contribution in [3.05, 3.63) is 24.4 Å². The summed E-state index contributed by atoms with van der Waals surface area (Å²) in [6.45, 7) is 3.90. The second kappa shape index (κ2) is 7.51. The van der Waals surface area contributed by atoms with Gasteiger partial charge in [0.05, 0.1) is 0 Å². The lowest BCUT2D eigenvalue weighted by Gasteiger charge is -2.19. The Morgan fingerprint density at radius 1 is 1.37 bits per heavy atom. The van der Waals surface area contributed by atoms with E-state index in [-0.39, 0.29) is 18.2 Å². The van der Waals surface area contributed by atoms with Gasteiger partial charge in [-0.25, -0.2) is 4.98 Å². The maximum Gasteiger partial charge on any atom is 0.225 e. The molecule has 104 valence electrons. The fraction of sp³-hybridized carbons (Fsp3) is 0.500. The van der Waals surface area contributed by atoms with Gasteiger partial charge in [-0.3, -0.25) is 4.79 Å². The van der Waals surface area contributed by atoms with Gasteiger partial charge in [-0.05, 0) is 36.8 Å². The van der Waals surface area contributed by atoms with Crippen molar-refractivity contribution in [3.63, 3.8) is 0 Å². The summed E-state index contributed by atoms with van der Waals surface area (Å²) in [6.07, 6.45) is 2.55. The van der Waals surface area contributed by atoms with Crippen LogP contribution < -0.4 is 10.4 Å². The molecule has 0 aliphatic heterocycles. The first-order valence-electron chi connectivity index (χ1n) is 6.40.